The molecule has 0 aromatic heterocycles. The fourth-order valence-electron chi connectivity index (χ4n) is 0.816. The second-order valence-corrected chi connectivity index (χ2v) is 2.89. The second-order valence-electron chi connectivity index (χ2n) is 2.89. The van der Waals surface area contributed by atoms with Gasteiger partial charge in [0.1, 0.15) is 0 Å². The molecule has 0 saturated heterocycles. The summed E-state index contributed by atoms with van der Waals surface area (Å²) in [4.78, 5) is 2.15. The predicted octanol–water partition coefficient (Wildman–Crippen LogP) is 1.34. The van der Waals surface area contributed by atoms with Crippen LogP contribution in [0.2, 0.25) is 0 Å². The van der Waals surface area contributed by atoms with Crippen LogP contribution in [0.4, 0.5) is 0 Å². The van der Waals surface area contributed by atoms with Crippen LogP contribution in [0.5, 0.6) is 0 Å². The van der Waals surface area contributed by atoms with E-state index in [1.165, 1.54) is 0 Å². The largest absolute Gasteiger partial charge is 0.484 e. The molecule has 3 heteroatoms. The molecule has 0 aromatic rings. The molecule has 0 aromatic carbocycles. The summed E-state index contributed by atoms with van der Waals surface area (Å²) in [5.74, 6) is 0.392. The first-order chi connectivity index (χ1) is 5.16. The second kappa shape index (κ2) is 6.16. The van der Waals surface area contributed by atoms with Gasteiger partial charge in [0.15, 0.2) is 5.90 Å². The summed E-state index contributed by atoms with van der Waals surface area (Å²) in [6, 6.07) is 0. The molecule has 0 spiro atoms. The molecule has 0 rings (SSSR count). The first-order valence-electron chi connectivity index (χ1n) is 3.93. The van der Waals surface area contributed by atoms with Crippen molar-refractivity contribution < 1.29 is 4.74 Å². The molecule has 0 aliphatic heterocycles. The van der Waals surface area contributed by atoms with E-state index in [0.29, 0.717) is 5.90 Å². The highest BCUT2D eigenvalue weighted by Gasteiger charge is 1.95. The molecule has 0 saturated carbocycles. The van der Waals surface area contributed by atoms with Gasteiger partial charge in [-0.3, -0.25) is 5.41 Å². The molecule has 0 aliphatic rings. The number of hydrogen-bond acceptors (Lipinski definition) is 3. The molecule has 3 nitrogen and oxygen atoms in total. The Hall–Kier alpha value is -0.570. The molecule has 0 unspecified atom stereocenters. The van der Waals surface area contributed by atoms with Crippen LogP contribution in [0.15, 0.2) is 0 Å². The fourth-order valence-corrected chi connectivity index (χ4v) is 0.816. The molecular formula is C8H18N2O. The first kappa shape index (κ1) is 10.4. The van der Waals surface area contributed by atoms with E-state index >= 15 is 0 Å². The zero-order chi connectivity index (χ0) is 8.69. The average Bonchev–Trinajstić information content (AvgIpc) is 1.97. The van der Waals surface area contributed by atoms with Gasteiger partial charge < -0.3 is 9.64 Å². The monoisotopic (exact) mass is 158 g/mol. The van der Waals surface area contributed by atoms with Crippen LogP contribution in [0, 0.1) is 5.41 Å². The summed E-state index contributed by atoms with van der Waals surface area (Å²) in [7, 11) is 5.66. The Balaban J connectivity index is 3.08. The Kier molecular flexibility index (Phi) is 5.84. The van der Waals surface area contributed by atoms with Gasteiger partial charge in [0.25, 0.3) is 0 Å². The Bertz CT molecular complexity index is 113. The van der Waals surface area contributed by atoms with E-state index in [4.69, 9.17) is 10.1 Å². The number of hydrogen-bond donors (Lipinski definition) is 1. The molecule has 0 fully saturated rings. The molecule has 0 aliphatic carbocycles. The predicted molar refractivity (Wildman–Crippen MR) is 47.1 cm³/mol. The normalized spacial score (nSPS) is 10.2. The lowest BCUT2D eigenvalue weighted by atomic mass is 10.2. The zero-order valence-electron chi connectivity index (χ0n) is 7.68. The van der Waals surface area contributed by atoms with Gasteiger partial charge in [0.2, 0.25) is 0 Å². The van der Waals surface area contributed by atoms with Crippen LogP contribution in [-0.4, -0.2) is 38.5 Å². The minimum atomic E-state index is 0.392. The van der Waals surface area contributed by atoms with Crippen molar-refractivity contribution in [3.8, 4) is 0 Å². The van der Waals surface area contributed by atoms with Gasteiger partial charge in [-0.05, 0) is 33.5 Å². The van der Waals surface area contributed by atoms with Crippen molar-refractivity contribution in [1.29, 1.82) is 5.41 Å². The molecule has 66 valence electrons. The summed E-state index contributed by atoms with van der Waals surface area (Å²) >= 11 is 0. The van der Waals surface area contributed by atoms with Crippen LogP contribution in [0.3, 0.4) is 0 Å². The zero-order valence-corrected chi connectivity index (χ0v) is 7.68. The average molecular weight is 158 g/mol. The highest BCUT2D eigenvalue weighted by Crippen LogP contribution is 1.97. The van der Waals surface area contributed by atoms with Crippen LogP contribution < -0.4 is 0 Å². The SMILES string of the molecule is COC(=N)CCCCN(C)C. The molecule has 1 N–H and O–H groups in total. The molecule has 0 bridgehead atoms. The third kappa shape index (κ3) is 7.33. The van der Waals surface area contributed by atoms with E-state index in [1.54, 1.807) is 7.11 Å². The lowest BCUT2D eigenvalue weighted by molar-refractivity contribution is 0.371. The highest BCUT2D eigenvalue weighted by molar-refractivity contribution is 5.72. The third-order valence-electron chi connectivity index (χ3n) is 1.51. The lowest BCUT2D eigenvalue weighted by Gasteiger charge is -2.08. The van der Waals surface area contributed by atoms with Gasteiger partial charge >= 0.3 is 0 Å². The smallest absolute Gasteiger partial charge is 0.180 e. The van der Waals surface area contributed by atoms with Crippen LogP contribution in [0.1, 0.15) is 19.3 Å². The van der Waals surface area contributed by atoms with Crippen molar-refractivity contribution >= 4 is 5.90 Å². The van der Waals surface area contributed by atoms with Crippen molar-refractivity contribution in [2.45, 2.75) is 19.3 Å². The summed E-state index contributed by atoms with van der Waals surface area (Å²) in [6.45, 7) is 1.09. The van der Waals surface area contributed by atoms with Crippen LogP contribution >= 0.6 is 0 Å². The van der Waals surface area contributed by atoms with Gasteiger partial charge in [0, 0.05) is 6.42 Å². The molecule has 0 heterocycles. The van der Waals surface area contributed by atoms with E-state index in [9.17, 15) is 0 Å². The Morgan fingerprint density at radius 1 is 1.36 bits per heavy atom. The Morgan fingerprint density at radius 3 is 2.45 bits per heavy atom. The van der Waals surface area contributed by atoms with Gasteiger partial charge in [0.05, 0.1) is 7.11 Å². The summed E-state index contributed by atoms with van der Waals surface area (Å²) in [6.07, 6.45) is 2.95. The van der Waals surface area contributed by atoms with Crippen LogP contribution in [-0.2, 0) is 4.74 Å². The number of nitrogens with zero attached hydrogens (tertiary/aromatic N) is 1. The molecule has 0 amide bonds. The summed E-state index contributed by atoms with van der Waals surface area (Å²) in [5.41, 5.74) is 0. The molecule has 0 atom stereocenters. The van der Waals surface area contributed by atoms with E-state index in [2.05, 4.69) is 19.0 Å². The summed E-state index contributed by atoms with van der Waals surface area (Å²) in [5, 5.41) is 7.19. The van der Waals surface area contributed by atoms with Crippen molar-refractivity contribution in [3.63, 3.8) is 0 Å². The summed E-state index contributed by atoms with van der Waals surface area (Å²) < 4.78 is 4.73. The van der Waals surface area contributed by atoms with Gasteiger partial charge in [-0.2, -0.15) is 0 Å². The van der Waals surface area contributed by atoms with E-state index in [-0.39, 0.29) is 0 Å². The molecule has 0 radical (unpaired) electrons. The Labute approximate surface area is 68.9 Å². The minimum absolute atomic E-state index is 0.392. The van der Waals surface area contributed by atoms with Gasteiger partial charge in [-0.15, -0.1) is 0 Å². The minimum Gasteiger partial charge on any atom is -0.484 e. The number of rotatable bonds is 5. The maximum atomic E-state index is 7.19. The van der Waals surface area contributed by atoms with E-state index in [0.717, 1.165) is 25.8 Å². The number of unbranched alkanes of at least 4 members (excludes halogenated alkanes) is 1. The van der Waals surface area contributed by atoms with Crippen molar-refractivity contribution in [3.05, 3.63) is 0 Å². The van der Waals surface area contributed by atoms with Crippen molar-refractivity contribution in [2.24, 2.45) is 0 Å². The van der Waals surface area contributed by atoms with E-state index < -0.39 is 0 Å². The number of nitrogens with one attached hydrogen (secondary N) is 1. The maximum Gasteiger partial charge on any atom is 0.180 e. The lowest BCUT2D eigenvalue weighted by Crippen LogP contribution is -2.13. The number of methoxy groups -OCH3 is 1. The van der Waals surface area contributed by atoms with E-state index in [1.807, 2.05) is 0 Å². The highest BCUT2D eigenvalue weighted by atomic mass is 16.5. The first-order valence-corrected chi connectivity index (χ1v) is 3.93. The third-order valence-corrected chi connectivity index (χ3v) is 1.51. The topological polar surface area (TPSA) is 36.3 Å². The van der Waals surface area contributed by atoms with Gasteiger partial charge in [-0.25, -0.2) is 0 Å². The Morgan fingerprint density at radius 2 is 2.00 bits per heavy atom. The van der Waals surface area contributed by atoms with Crippen molar-refractivity contribution in [1.82, 2.24) is 4.90 Å². The molecule has 11 heavy (non-hydrogen) atoms. The maximum absolute atomic E-state index is 7.19. The molecular weight excluding hydrogens is 140 g/mol. The van der Waals surface area contributed by atoms with Gasteiger partial charge in [-0.1, -0.05) is 0 Å². The van der Waals surface area contributed by atoms with Crippen LogP contribution in [0.25, 0.3) is 0 Å². The quantitative estimate of drug-likeness (QED) is 0.372. The fraction of sp³-hybridized carbons (Fsp3) is 0.875. The van der Waals surface area contributed by atoms with Crippen molar-refractivity contribution in [2.75, 3.05) is 27.7 Å². The number of ether oxygens (including phenoxy) is 1. The standard InChI is InChI=1S/C8H18N2O/c1-10(2)7-5-4-6-8(9)11-3/h9H,4-7H2,1-3H3.